The van der Waals surface area contributed by atoms with Crippen molar-refractivity contribution in [2.24, 2.45) is 0 Å². The Labute approximate surface area is 54.4 Å². The molecule has 0 spiro atoms. The summed E-state index contributed by atoms with van der Waals surface area (Å²) in [6.07, 6.45) is 1.04. The fourth-order valence-corrected chi connectivity index (χ4v) is 0.211. The summed E-state index contributed by atoms with van der Waals surface area (Å²) in [7, 11) is 0. The number of hydrogen-bond acceptors (Lipinski definition) is 3. The van der Waals surface area contributed by atoms with Crippen molar-refractivity contribution in [3.8, 4) is 6.07 Å². The number of nitriles is 1. The molecule has 0 aromatic carbocycles. The summed E-state index contributed by atoms with van der Waals surface area (Å²) in [5.41, 5.74) is 0. The van der Waals surface area contributed by atoms with E-state index in [1.807, 2.05) is 6.07 Å². The fourth-order valence-electron chi connectivity index (χ4n) is 0.211. The van der Waals surface area contributed by atoms with E-state index in [0.717, 1.165) is 0 Å². The van der Waals surface area contributed by atoms with Crippen molar-refractivity contribution in [2.75, 3.05) is 6.61 Å². The zero-order chi connectivity index (χ0) is 7.11. The monoisotopic (exact) mass is 127 g/mol. The van der Waals surface area contributed by atoms with Gasteiger partial charge in [0.1, 0.15) is 6.61 Å². The Bertz CT molecular complexity index is 117. The van der Waals surface area contributed by atoms with Crippen LogP contribution in [0.5, 0.6) is 0 Å². The maximum absolute atomic E-state index is 8.15. The largest absolute Gasteiger partial charge is 0.231 e. The third-order valence-corrected chi connectivity index (χ3v) is 0.580. The molecule has 0 N–H and O–H groups in total. The maximum Gasteiger partial charge on any atom is 0.176 e. The van der Waals surface area contributed by atoms with Gasteiger partial charge in [-0.2, -0.15) is 5.26 Å². The summed E-state index contributed by atoms with van der Waals surface area (Å²) >= 11 is 0. The van der Waals surface area contributed by atoms with E-state index >= 15 is 0 Å². The smallest absolute Gasteiger partial charge is 0.176 e. The first-order valence-electron chi connectivity index (χ1n) is 2.60. The zero-order valence-electron chi connectivity index (χ0n) is 5.33. The van der Waals surface area contributed by atoms with Gasteiger partial charge in [-0.25, -0.2) is 9.78 Å². The molecule has 0 heterocycles. The molecular weight excluding hydrogens is 118 g/mol. The van der Waals surface area contributed by atoms with Crippen molar-refractivity contribution in [2.45, 2.75) is 13.0 Å². The number of rotatable bonds is 4. The van der Waals surface area contributed by atoms with Gasteiger partial charge in [0.25, 0.3) is 0 Å². The summed E-state index contributed by atoms with van der Waals surface area (Å²) in [5.74, 6) is 0. The topological polar surface area (TPSA) is 42.2 Å². The van der Waals surface area contributed by atoms with Crippen molar-refractivity contribution in [1.29, 1.82) is 5.26 Å². The van der Waals surface area contributed by atoms with Crippen molar-refractivity contribution in [3.63, 3.8) is 0 Å². The van der Waals surface area contributed by atoms with Crippen molar-refractivity contribution >= 4 is 0 Å². The second-order valence-electron chi connectivity index (χ2n) is 1.44. The van der Waals surface area contributed by atoms with Crippen LogP contribution in [0.25, 0.3) is 0 Å². The highest BCUT2D eigenvalue weighted by molar-refractivity contribution is 4.77. The minimum atomic E-state index is -0.509. The molecule has 0 aliphatic heterocycles. The normalized spacial score (nSPS) is 12.0. The Morgan fingerprint density at radius 1 is 1.89 bits per heavy atom. The first-order valence-corrected chi connectivity index (χ1v) is 2.60. The van der Waals surface area contributed by atoms with Crippen LogP contribution in [0.3, 0.4) is 0 Å². The van der Waals surface area contributed by atoms with E-state index in [4.69, 9.17) is 5.26 Å². The van der Waals surface area contributed by atoms with Crippen LogP contribution in [0.15, 0.2) is 12.7 Å². The molecule has 0 saturated carbocycles. The van der Waals surface area contributed by atoms with Gasteiger partial charge in [-0.3, -0.25) is 0 Å². The average molecular weight is 127 g/mol. The second-order valence-corrected chi connectivity index (χ2v) is 1.44. The lowest BCUT2D eigenvalue weighted by Crippen LogP contribution is -2.05. The molecule has 0 bridgehead atoms. The lowest BCUT2D eigenvalue weighted by Gasteiger charge is -2.00. The van der Waals surface area contributed by atoms with E-state index in [2.05, 4.69) is 16.4 Å². The molecule has 1 unspecified atom stereocenters. The minimum Gasteiger partial charge on any atom is -0.231 e. The Hall–Kier alpha value is -0.850. The second kappa shape index (κ2) is 5.29. The maximum atomic E-state index is 8.15. The molecule has 0 radical (unpaired) electrons. The lowest BCUT2D eigenvalue weighted by atomic mass is 10.5. The first kappa shape index (κ1) is 8.15. The van der Waals surface area contributed by atoms with Crippen LogP contribution in [0.4, 0.5) is 0 Å². The molecule has 50 valence electrons. The third-order valence-electron chi connectivity index (χ3n) is 0.580. The zero-order valence-corrected chi connectivity index (χ0v) is 5.33. The highest BCUT2D eigenvalue weighted by atomic mass is 17.2. The molecule has 0 aromatic rings. The average Bonchev–Trinajstić information content (AvgIpc) is 1.89. The van der Waals surface area contributed by atoms with Crippen LogP contribution in [-0.4, -0.2) is 12.7 Å². The highest BCUT2D eigenvalue weighted by Crippen LogP contribution is 1.87. The quantitative estimate of drug-likeness (QED) is 0.245. The predicted octanol–water partition coefficient (Wildman–Crippen LogP) is 1.03. The SMILES string of the molecule is C=CCOOC(C)C#N. The van der Waals surface area contributed by atoms with E-state index < -0.39 is 6.10 Å². The predicted molar refractivity (Wildman–Crippen MR) is 32.3 cm³/mol. The molecule has 0 amide bonds. The molecule has 9 heavy (non-hydrogen) atoms. The summed E-state index contributed by atoms with van der Waals surface area (Å²) in [6.45, 7) is 5.31. The van der Waals surface area contributed by atoms with Gasteiger partial charge in [0.05, 0.1) is 6.07 Å². The molecule has 0 saturated heterocycles. The standard InChI is InChI=1S/C6H9NO2/c1-3-4-8-9-6(2)5-7/h3,6H,1,4H2,2H3. The van der Waals surface area contributed by atoms with Crippen LogP contribution in [0.2, 0.25) is 0 Å². The Kier molecular flexibility index (Phi) is 4.79. The number of hydrogen-bond donors (Lipinski definition) is 0. The van der Waals surface area contributed by atoms with Crippen molar-refractivity contribution in [3.05, 3.63) is 12.7 Å². The summed E-state index contributed by atoms with van der Waals surface area (Å²) < 4.78 is 0. The Balaban J connectivity index is 3.08. The molecular formula is C6H9NO2. The van der Waals surface area contributed by atoms with Gasteiger partial charge in [0.15, 0.2) is 6.10 Å². The van der Waals surface area contributed by atoms with E-state index in [-0.39, 0.29) is 0 Å². The van der Waals surface area contributed by atoms with Gasteiger partial charge in [0, 0.05) is 0 Å². The van der Waals surface area contributed by atoms with E-state index in [1.165, 1.54) is 0 Å². The van der Waals surface area contributed by atoms with E-state index in [0.29, 0.717) is 6.61 Å². The highest BCUT2D eigenvalue weighted by Gasteiger charge is 1.96. The molecule has 0 fully saturated rings. The van der Waals surface area contributed by atoms with E-state index in [1.54, 1.807) is 13.0 Å². The minimum absolute atomic E-state index is 0.312. The van der Waals surface area contributed by atoms with Crippen molar-refractivity contribution in [1.82, 2.24) is 0 Å². The van der Waals surface area contributed by atoms with Crippen LogP contribution < -0.4 is 0 Å². The summed E-state index contributed by atoms with van der Waals surface area (Å²) in [6, 6.07) is 1.84. The number of nitrogens with zero attached hydrogens (tertiary/aromatic N) is 1. The van der Waals surface area contributed by atoms with Crippen LogP contribution in [-0.2, 0) is 9.78 Å². The molecule has 0 aromatic heterocycles. The third kappa shape index (κ3) is 5.01. The fraction of sp³-hybridized carbons (Fsp3) is 0.500. The molecule has 3 nitrogen and oxygen atoms in total. The van der Waals surface area contributed by atoms with Gasteiger partial charge in [0.2, 0.25) is 0 Å². The van der Waals surface area contributed by atoms with E-state index in [9.17, 15) is 0 Å². The molecule has 1 atom stereocenters. The summed E-state index contributed by atoms with van der Waals surface area (Å²) in [4.78, 5) is 8.99. The van der Waals surface area contributed by atoms with Gasteiger partial charge in [-0.05, 0) is 6.92 Å². The van der Waals surface area contributed by atoms with Gasteiger partial charge in [-0.15, -0.1) is 6.58 Å². The molecule has 3 heteroatoms. The van der Waals surface area contributed by atoms with Gasteiger partial charge in [-0.1, -0.05) is 6.08 Å². The van der Waals surface area contributed by atoms with Gasteiger partial charge >= 0.3 is 0 Å². The van der Waals surface area contributed by atoms with Crippen LogP contribution in [0.1, 0.15) is 6.92 Å². The Morgan fingerprint density at radius 3 is 3.00 bits per heavy atom. The summed E-state index contributed by atoms with van der Waals surface area (Å²) in [5, 5.41) is 8.15. The lowest BCUT2D eigenvalue weighted by molar-refractivity contribution is -0.300. The van der Waals surface area contributed by atoms with Crippen LogP contribution in [0, 0.1) is 11.3 Å². The molecule has 0 aliphatic rings. The van der Waals surface area contributed by atoms with Crippen LogP contribution >= 0.6 is 0 Å². The van der Waals surface area contributed by atoms with Crippen molar-refractivity contribution < 1.29 is 9.78 Å². The molecule has 0 aliphatic carbocycles. The van der Waals surface area contributed by atoms with Gasteiger partial charge < -0.3 is 0 Å². The molecule has 0 rings (SSSR count). The Morgan fingerprint density at radius 2 is 2.56 bits per heavy atom. The first-order chi connectivity index (χ1) is 4.31.